The number of carbonyl (C=O) groups is 1. The lowest BCUT2D eigenvalue weighted by molar-refractivity contribution is -0.117. The monoisotopic (exact) mass is 151 g/mol. The van der Waals surface area contributed by atoms with Crippen molar-refractivity contribution >= 4 is 12.0 Å². The molecule has 60 valence electrons. The van der Waals surface area contributed by atoms with E-state index in [0.717, 1.165) is 18.6 Å². The van der Waals surface area contributed by atoms with Crippen LogP contribution in [0.4, 0.5) is 0 Å². The number of hydrogen-bond donors (Lipinski definition) is 1. The summed E-state index contributed by atoms with van der Waals surface area (Å²) in [5.41, 5.74) is 0. The van der Waals surface area contributed by atoms with E-state index in [1.54, 1.807) is 0 Å². The molecule has 0 aromatic rings. The van der Waals surface area contributed by atoms with Crippen molar-refractivity contribution in [2.75, 3.05) is 0 Å². The van der Waals surface area contributed by atoms with Crippen molar-refractivity contribution in [3.8, 4) is 0 Å². The van der Waals surface area contributed by atoms with Gasteiger partial charge in [-0.1, -0.05) is 6.42 Å². The molecule has 0 spiro atoms. The zero-order valence-corrected chi connectivity index (χ0v) is 6.55. The predicted molar refractivity (Wildman–Crippen MR) is 42.7 cm³/mol. The van der Waals surface area contributed by atoms with Crippen LogP contribution in [0.5, 0.6) is 0 Å². The normalized spacial score (nSPS) is 40.9. The number of hydrogen-bond acceptors (Lipinski definition) is 2. The maximum absolute atomic E-state index is 11.2. The first-order valence-corrected chi connectivity index (χ1v) is 4.35. The molecule has 11 heavy (non-hydrogen) atoms. The number of carbonyl (C=O) groups excluding carboxylic acids is 1. The average molecular weight is 151 g/mol. The maximum atomic E-state index is 11.2. The van der Waals surface area contributed by atoms with Crippen LogP contribution in [-0.4, -0.2) is 12.0 Å². The predicted octanol–water partition coefficient (Wildman–Crippen LogP) is 1.64. The van der Waals surface area contributed by atoms with Gasteiger partial charge in [-0.2, -0.15) is 0 Å². The molecule has 3 unspecified atom stereocenters. The highest BCUT2D eigenvalue weighted by molar-refractivity contribution is 6.27. The summed E-state index contributed by atoms with van der Waals surface area (Å²) in [6.45, 7) is 0. The third kappa shape index (κ3) is 1.01. The molecule has 2 aliphatic carbocycles. The third-order valence-electron chi connectivity index (χ3n) is 3.25. The topological polar surface area (TPSA) is 40.9 Å². The number of ketones is 1. The molecule has 0 aliphatic heterocycles. The summed E-state index contributed by atoms with van der Waals surface area (Å²) in [6.07, 6.45) is 5.88. The van der Waals surface area contributed by atoms with E-state index in [2.05, 4.69) is 0 Å². The number of nitrogens with one attached hydrogen (secondary N) is 1. The first kappa shape index (κ1) is 7.01. The lowest BCUT2D eigenvalue weighted by atomic mass is 9.86. The Morgan fingerprint density at radius 1 is 1.36 bits per heavy atom. The molecular weight excluding hydrogens is 138 g/mol. The van der Waals surface area contributed by atoms with Crippen LogP contribution in [0.15, 0.2) is 0 Å². The minimum absolute atomic E-state index is 0.0669. The van der Waals surface area contributed by atoms with Gasteiger partial charge in [-0.3, -0.25) is 4.79 Å². The Kier molecular flexibility index (Phi) is 1.55. The smallest absolute Gasteiger partial charge is 0.176 e. The molecule has 2 nitrogen and oxygen atoms in total. The van der Waals surface area contributed by atoms with Gasteiger partial charge in [-0.25, -0.2) is 0 Å². The van der Waals surface area contributed by atoms with Gasteiger partial charge in [0, 0.05) is 5.92 Å². The fourth-order valence-corrected chi connectivity index (χ4v) is 2.70. The molecule has 2 saturated carbocycles. The molecule has 2 rings (SSSR count). The van der Waals surface area contributed by atoms with Gasteiger partial charge >= 0.3 is 0 Å². The number of Topliss-reactive ketones (excluding diaryl/α,β-unsaturated/α-hetero) is 1. The second-order valence-corrected chi connectivity index (χ2v) is 3.83. The van der Waals surface area contributed by atoms with Gasteiger partial charge in [-0.15, -0.1) is 0 Å². The fourth-order valence-electron chi connectivity index (χ4n) is 2.70. The van der Waals surface area contributed by atoms with Crippen LogP contribution in [0, 0.1) is 23.2 Å². The van der Waals surface area contributed by atoms with Crippen molar-refractivity contribution in [3.63, 3.8) is 0 Å². The summed E-state index contributed by atoms with van der Waals surface area (Å²) in [5.74, 6) is 1.74. The molecule has 0 saturated heterocycles. The molecule has 2 bridgehead atoms. The lowest BCUT2D eigenvalue weighted by Crippen LogP contribution is -2.21. The minimum Gasteiger partial charge on any atom is -0.305 e. The van der Waals surface area contributed by atoms with Crippen LogP contribution >= 0.6 is 0 Å². The zero-order chi connectivity index (χ0) is 7.84. The fraction of sp³-hybridized carbons (Fsp3) is 0.778. The van der Waals surface area contributed by atoms with Crippen LogP contribution in [-0.2, 0) is 4.79 Å². The highest BCUT2D eigenvalue weighted by Crippen LogP contribution is 2.48. The molecule has 0 heterocycles. The highest BCUT2D eigenvalue weighted by atomic mass is 16.1. The Balaban J connectivity index is 2.07. The molecular formula is C9H13NO. The molecule has 2 fully saturated rings. The summed E-state index contributed by atoms with van der Waals surface area (Å²) in [5, 5.41) is 6.88. The van der Waals surface area contributed by atoms with Gasteiger partial charge < -0.3 is 5.41 Å². The number of fused-ring (bicyclic) bond motifs is 2. The Morgan fingerprint density at radius 2 is 2.18 bits per heavy atom. The summed E-state index contributed by atoms with van der Waals surface area (Å²) in [6, 6.07) is 0. The highest BCUT2D eigenvalue weighted by Gasteiger charge is 2.42. The van der Waals surface area contributed by atoms with E-state index in [4.69, 9.17) is 5.41 Å². The molecule has 0 radical (unpaired) electrons. The standard InChI is InChI=1S/C9H13NO/c10-5-9(11)8-4-6-1-2-7(8)3-6/h5-8,10H,1-4H2. The largest absolute Gasteiger partial charge is 0.305 e. The van der Waals surface area contributed by atoms with Crippen LogP contribution in [0.3, 0.4) is 0 Å². The van der Waals surface area contributed by atoms with Gasteiger partial charge in [0.2, 0.25) is 0 Å². The molecule has 1 N–H and O–H groups in total. The zero-order valence-electron chi connectivity index (χ0n) is 6.55. The minimum atomic E-state index is 0.0669. The van der Waals surface area contributed by atoms with Crippen LogP contribution < -0.4 is 0 Å². The molecule has 0 aromatic carbocycles. The van der Waals surface area contributed by atoms with Gasteiger partial charge in [0.1, 0.15) is 0 Å². The molecule has 0 aromatic heterocycles. The maximum Gasteiger partial charge on any atom is 0.176 e. The van der Waals surface area contributed by atoms with Crippen molar-refractivity contribution < 1.29 is 4.79 Å². The van der Waals surface area contributed by atoms with Crippen molar-refractivity contribution in [3.05, 3.63) is 0 Å². The molecule has 2 heteroatoms. The molecule has 2 aliphatic rings. The Labute approximate surface area is 66.5 Å². The van der Waals surface area contributed by atoms with Gasteiger partial charge in [0.25, 0.3) is 0 Å². The second kappa shape index (κ2) is 2.43. The first-order valence-electron chi connectivity index (χ1n) is 4.35. The number of rotatable bonds is 2. The Morgan fingerprint density at radius 3 is 2.64 bits per heavy atom. The van der Waals surface area contributed by atoms with Crippen LogP contribution in [0.1, 0.15) is 25.7 Å². The van der Waals surface area contributed by atoms with Crippen LogP contribution in [0.2, 0.25) is 0 Å². The van der Waals surface area contributed by atoms with Crippen molar-refractivity contribution in [2.24, 2.45) is 17.8 Å². The van der Waals surface area contributed by atoms with Crippen LogP contribution in [0.25, 0.3) is 0 Å². The Hall–Kier alpha value is -0.660. The Bertz CT molecular complexity index is 200. The summed E-state index contributed by atoms with van der Waals surface area (Å²) in [4.78, 5) is 11.2. The first-order chi connectivity index (χ1) is 5.31. The third-order valence-corrected chi connectivity index (χ3v) is 3.25. The van der Waals surface area contributed by atoms with Crippen molar-refractivity contribution in [1.29, 1.82) is 5.41 Å². The molecule has 3 atom stereocenters. The van der Waals surface area contributed by atoms with E-state index in [-0.39, 0.29) is 11.7 Å². The second-order valence-electron chi connectivity index (χ2n) is 3.83. The van der Waals surface area contributed by atoms with E-state index in [0.29, 0.717) is 5.92 Å². The average Bonchev–Trinajstić information content (AvgIpc) is 2.62. The van der Waals surface area contributed by atoms with E-state index in [1.165, 1.54) is 19.3 Å². The van der Waals surface area contributed by atoms with E-state index in [9.17, 15) is 4.79 Å². The summed E-state index contributed by atoms with van der Waals surface area (Å²) < 4.78 is 0. The van der Waals surface area contributed by atoms with Crippen molar-refractivity contribution in [1.82, 2.24) is 0 Å². The van der Waals surface area contributed by atoms with E-state index < -0.39 is 0 Å². The quantitative estimate of drug-likeness (QED) is 0.599. The van der Waals surface area contributed by atoms with Gasteiger partial charge in [0.05, 0.1) is 6.21 Å². The summed E-state index contributed by atoms with van der Waals surface area (Å²) in [7, 11) is 0. The summed E-state index contributed by atoms with van der Waals surface area (Å²) >= 11 is 0. The van der Waals surface area contributed by atoms with E-state index >= 15 is 0 Å². The van der Waals surface area contributed by atoms with Crippen molar-refractivity contribution in [2.45, 2.75) is 25.7 Å². The lowest BCUT2D eigenvalue weighted by Gasteiger charge is -2.17. The molecule has 0 amide bonds. The van der Waals surface area contributed by atoms with E-state index in [1.807, 2.05) is 0 Å². The van der Waals surface area contributed by atoms with Gasteiger partial charge in [-0.05, 0) is 31.1 Å². The SMILES string of the molecule is N=CC(=O)C1CC2CCC1C2. The van der Waals surface area contributed by atoms with Gasteiger partial charge in [0.15, 0.2) is 5.78 Å².